The van der Waals surface area contributed by atoms with Crippen molar-refractivity contribution in [2.24, 2.45) is 0 Å². The molecule has 3 aromatic rings. The molecule has 0 saturated carbocycles. The van der Waals surface area contributed by atoms with Gasteiger partial charge in [0.1, 0.15) is 5.82 Å². The predicted molar refractivity (Wildman–Crippen MR) is 104 cm³/mol. The Hall–Kier alpha value is -2.48. The van der Waals surface area contributed by atoms with Gasteiger partial charge in [0, 0.05) is 18.0 Å². The van der Waals surface area contributed by atoms with Crippen LogP contribution in [-0.2, 0) is 14.8 Å². The van der Waals surface area contributed by atoms with E-state index in [9.17, 15) is 17.6 Å². The average Bonchev–Trinajstić information content (AvgIpc) is 2.63. The van der Waals surface area contributed by atoms with Crippen molar-refractivity contribution >= 4 is 44.0 Å². The lowest BCUT2D eigenvalue weighted by molar-refractivity contribution is -0.116. The molecule has 140 valence electrons. The van der Waals surface area contributed by atoms with Crippen LogP contribution in [0.1, 0.15) is 6.42 Å². The number of benzene rings is 3. The first-order chi connectivity index (χ1) is 12.8. The molecule has 0 fully saturated rings. The summed E-state index contributed by atoms with van der Waals surface area (Å²) >= 11 is 5.65. The monoisotopic (exact) mass is 406 g/mol. The van der Waals surface area contributed by atoms with Crippen molar-refractivity contribution in [2.45, 2.75) is 11.3 Å². The van der Waals surface area contributed by atoms with Crippen LogP contribution in [0.3, 0.4) is 0 Å². The number of anilines is 1. The largest absolute Gasteiger partial charge is 0.324 e. The van der Waals surface area contributed by atoms with E-state index in [1.54, 1.807) is 12.1 Å². The van der Waals surface area contributed by atoms with E-state index in [0.29, 0.717) is 0 Å². The maximum atomic E-state index is 13.7. The molecular weight excluding hydrogens is 391 g/mol. The molecule has 0 radical (unpaired) electrons. The minimum atomic E-state index is -3.76. The summed E-state index contributed by atoms with van der Waals surface area (Å²) in [4.78, 5) is 12.0. The third-order valence-corrected chi connectivity index (χ3v) is 5.57. The van der Waals surface area contributed by atoms with E-state index in [-0.39, 0.29) is 28.6 Å². The first-order valence-electron chi connectivity index (χ1n) is 8.08. The molecule has 5 nitrogen and oxygen atoms in total. The van der Waals surface area contributed by atoms with E-state index in [0.717, 1.165) is 16.8 Å². The quantitative estimate of drug-likeness (QED) is 0.651. The topological polar surface area (TPSA) is 75.3 Å². The van der Waals surface area contributed by atoms with Crippen molar-refractivity contribution in [1.82, 2.24) is 4.72 Å². The van der Waals surface area contributed by atoms with Crippen LogP contribution in [0.2, 0.25) is 5.02 Å². The maximum absolute atomic E-state index is 13.7. The smallest absolute Gasteiger partial charge is 0.240 e. The fourth-order valence-electron chi connectivity index (χ4n) is 2.52. The van der Waals surface area contributed by atoms with Gasteiger partial charge in [0.2, 0.25) is 15.9 Å². The highest BCUT2D eigenvalue weighted by atomic mass is 35.5. The highest BCUT2D eigenvalue weighted by Gasteiger charge is 2.15. The van der Waals surface area contributed by atoms with E-state index < -0.39 is 21.7 Å². The summed E-state index contributed by atoms with van der Waals surface area (Å²) in [5, 5.41) is 4.33. The number of carbonyl (C=O) groups excluding carboxylic acids is 1. The van der Waals surface area contributed by atoms with Gasteiger partial charge in [-0.3, -0.25) is 4.79 Å². The van der Waals surface area contributed by atoms with Crippen LogP contribution in [0.5, 0.6) is 0 Å². The lowest BCUT2D eigenvalue weighted by Crippen LogP contribution is -2.28. The van der Waals surface area contributed by atoms with Crippen molar-refractivity contribution in [3.63, 3.8) is 0 Å². The first-order valence-corrected chi connectivity index (χ1v) is 9.95. The number of hydrogen-bond acceptors (Lipinski definition) is 3. The van der Waals surface area contributed by atoms with Crippen molar-refractivity contribution < 1.29 is 17.6 Å². The van der Waals surface area contributed by atoms with Gasteiger partial charge in [-0.05, 0) is 41.1 Å². The maximum Gasteiger partial charge on any atom is 0.240 e. The molecule has 0 bridgehead atoms. The van der Waals surface area contributed by atoms with Gasteiger partial charge in [0.15, 0.2) is 0 Å². The fraction of sp³-hybridized carbons (Fsp3) is 0.105. The third-order valence-electron chi connectivity index (χ3n) is 3.88. The number of hydrogen-bond donors (Lipinski definition) is 2. The van der Waals surface area contributed by atoms with Gasteiger partial charge >= 0.3 is 0 Å². The fourth-order valence-corrected chi connectivity index (χ4v) is 3.75. The average molecular weight is 407 g/mol. The van der Waals surface area contributed by atoms with Gasteiger partial charge in [-0.25, -0.2) is 17.5 Å². The Morgan fingerprint density at radius 1 is 1.00 bits per heavy atom. The summed E-state index contributed by atoms with van der Waals surface area (Å²) < 4.78 is 40.8. The second kappa shape index (κ2) is 8.04. The molecule has 3 aromatic carbocycles. The Labute approximate surface area is 161 Å². The SMILES string of the molecule is O=C(CCNS(=O)(=O)c1ccc2ccccc2c1)Nc1ccc(Cl)cc1F. The van der Waals surface area contributed by atoms with Gasteiger partial charge in [0.25, 0.3) is 0 Å². The molecule has 0 aliphatic rings. The molecule has 3 rings (SSSR count). The number of rotatable bonds is 6. The summed E-state index contributed by atoms with van der Waals surface area (Å²) in [7, 11) is -3.76. The number of nitrogens with one attached hydrogen (secondary N) is 2. The number of amides is 1. The molecule has 0 aliphatic carbocycles. The molecule has 8 heteroatoms. The molecule has 0 heterocycles. The number of halogens is 2. The minimum absolute atomic E-state index is 0.0122. The Morgan fingerprint density at radius 3 is 2.48 bits per heavy atom. The molecule has 1 amide bonds. The van der Waals surface area contributed by atoms with Crippen LogP contribution < -0.4 is 10.0 Å². The highest BCUT2D eigenvalue weighted by Crippen LogP contribution is 2.20. The number of carbonyl (C=O) groups is 1. The van der Waals surface area contributed by atoms with E-state index in [2.05, 4.69) is 10.0 Å². The Bertz CT molecular complexity index is 1100. The normalized spacial score (nSPS) is 11.5. The lowest BCUT2D eigenvalue weighted by Gasteiger charge is -2.09. The molecule has 2 N–H and O–H groups in total. The zero-order valence-corrected chi connectivity index (χ0v) is 15.6. The summed E-state index contributed by atoms with van der Waals surface area (Å²) in [5.74, 6) is -1.18. The Kier molecular flexibility index (Phi) is 5.74. The molecule has 0 saturated heterocycles. The van der Waals surface area contributed by atoms with Gasteiger partial charge in [-0.1, -0.05) is 41.9 Å². The van der Waals surface area contributed by atoms with Gasteiger partial charge in [0.05, 0.1) is 10.6 Å². The standard InChI is InChI=1S/C19H16ClFN2O3S/c20-15-6-8-18(17(21)12-15)23-19(24)9-10-22-27(25,26)16-7-5-13-3-1-2-4-14(13)11-16/h1-8,11-12,22H,9-10H2,(H,23,24). The van der Waals surface area contributed by atoms with E-state index in [1.165, 1.54) is 18.2 Å². The van der Waals surface area contributed by atoms with Crippen LogP contribution in [0.25, 0.3) is 10.8 Å². The highest BCUT2D eigenvalue weighted by molar-refractivity contribution is 7.89. The second-order valence-corrected chi connectivity index (χ2v) is 8.03. The summed E-state index contributed by atoms with van der Waals surface area (Å²) in [6, 6.07) is 16.1. The van der Waals surface area contributed by atoms with Gasteiger partial charge in [-0.2, -0.15) is 0 Å². The second-order valence-electron chi connectivity index (χ2n) is 5.83. The summed E-state index contributed by atoms with van der Waals surface area (Å²) in [6.45, 7) is -0.115. The van der Waals surface area contributed by atoms with Crippen molar-refractivity contribution in [3.8, 4) is 0 Å². The Balaban J connectivity index is 1.60. The Morgan fingerprint density at radius 2 is 1.74 bits per heavy atom. The molecule has 0 aliphatic heterocycles. The van der Waals surface area contributed by atoms with Crippen LogP contribution in [0.4, 0.5) is 10.1 Å². The van der Waals surface area contributed by atoms with E-state index >= 15 is 0 Å². The molecule has 0 spiro atoms. The zero-order chi connectivity index (χ0) is 19.4. The van der Waals surface area contributed by atoms with Gasteiger partial charge in [-0.15, -0.1) is 0 Å². The molecule has 0 aromatic heterocycles. The van der Waals surface area contributed by atoms with Crippen molar-refractivity contribution in [2.75, 3.05) is 11.9 Å². The van der Waals surface area contributed by atoms with Crippen molar-refractivity contribution in [3.05, 3.63) is 71.5 Å². The van der Waals surface area contributed by atoms with E-state index in [1.807, 2.05) is 24.3 Å². The minimum Gasteiger partial charge on any atom is -0.324 e. The van der Waals surface area contributed by atoms with Crippen LogP contribution in [0.15, 0.2) is 65.6 Å². The van der Waals surface area contributed by atoms with Crippen LogP contribution in [-0.4, -0.2) is 20.9 Å². The summed E-state index contributed by atoms with van der Waals surface area (Å²) in [5.41, 5.74) is -0.0122. The zero-order valence-electron chi connectivity index (χ0n) is 14.1. The molecular formula is C19H16ClFN2O3S. The van der Waals surface area contributed by atoms with Crippen molar-refractivity contribution in [1.29, 1.82) is 0 Å². The van der Waals surface area contributed by atoms with Gasteiger partial charge < -0.3 is 5.32 Å². The third kappa shape index (κ3) is 4.82. The van der Waals surface area contributed by atoms with Crippen LogP contribution >= 0.6 is 11.6 Å². The number of fused-ring (bicyclic) bond motifs is 1. The molecule has 0 unspecified atom stereocenters. The van der Waals surface area contributed by atoms with E-state index in [4.69, 9.17) is 11.6 Å². The molecule has 27 heavy (non-hydrogen) atoms. The lowest BCUT2D eigenvalue weighted by atomic mass is 10.1. The summed E-state index contributed by atoms with van der Waals surface area (Å²) in [6.07, 6.45) is -0.144. The molecule has 0 atom stereocenters. The number of sulfonamides is 1. The first kappa shape index (κ1) is 19.3. The van der Waals surface area contributed by atoms with Crippen LogP contribution in [0, 0.1) is 5.82 Å². The predicted octanol–water partition coefficient (Wildman–Crippen LogP) is 3.94.